The number of furan rings is 1. The Morgan fingerprint density at radius 2 is 2.25 bits per heavy atom. The molecule has 0 N–H and O–H groups in total. The minimum Gasteiger partial charge on any atom is -0.492 e. The summed E-state index contributed by atoms with van der Waals surface area (Å²) in [6.07, 6.45) is 2.41. The average Bonchev–Trinajstić information content (AvgIpc) is 2.73. The molecule has 0 bridgehead atoms. The molecule has 0 saturated carbocycles. The van der Waals surface area contributed by atoms with Crippen molar-refractivity contribution in [2.45, 2.75) is 20.3 Å². The van der Waals surface area contributed by atoms with Crippen molar-refractivity contribution in [3.8, 4) is 5.75 Å². The second-order valence-electron chi connectivity index (χ2n) is 3.69. The minimum atomic E-state index is 0.00648. The van der Waals surface area contributed by atoms with Crippen LogP contribution in [0.3, 0.4) is 0 Å². The Balaban J connectivity index is 2.86. The third-order valence-electron chi connectivity index (χ3n) is 2.72. The summed E-state index contributed by atoms with van der Waals surface area (Å²) in [6, 6.07) is 3.86. The van der Waals surface area contributed by atoms with Gasteiger partial charge in [-0.2, -0.15) is 0 Å². The molecule has 0 aliphatic carbocycles. The molecule has 0 spiro atoms. The lowest BCUT2D eigenvalue weighted by atomic mass is 9.99. The van der Waals surface area contributed by atoms with Crippen molar-refractivity contribution < 1.29 is 13.9 Å². The van der Waals surface area contributed by atoms with E-state index in [1.165, 1.54) is 0 Å². The Hall–Kier alpha value is -1.77. The zero-order valence-electron chi connectivity index (χ0n) is 9.66. The first-order chi connectivity index (χ1) is 7.69. The van der Waals surface area contributed by atoms with Gasteiger partial charge in [-0.3, -0.25) is 4.79 Å². The van der Waals surface area contributed by atoms with E-state index in [0.717, 1.165) is 17.4 Å². The average molecular weight is 218 g/mol. The van der Waals surface area contributed by atoms with Gasteiger partial charge in [-0.05, 0) is 31.0 Å². The van der Waals surface area contributed by atoms with Crippen molar-refractivity contribution >= 4 is 16.8 Å². The molecular weight excluding hydrogens is 204 g/mol. The van der Waals surface area contributed by atoms with Gasteiger partial charge < -0.3 is 9.15 Å². The Morgan fingerprint density at radius 1 is 1.50 bits per heavy atom. The predicted molar refractivity (Wildman–Crippen MR) is 62.1 cm³/mol. The van der Waals surface area contributed by atoms with Crippen LogP contribution in [0.5, 0.6) is 5.75 Å². The maximum Gasteiger partial charge on any atom is 0.176 e. The summed E-state index contributed by atoms with van der Waals surface area (Å²) in [4.78, 5) is 11.6. The molecule has 0 radical (unpaired) electrons. The fourth-order valence-electron chi connectivity index (χ4n) is 2.00. The monoisotopic (exact) mass is 218 g/mol. The van der Waals surface area contributed by atoms with E-state index in [2.05, 4.69) is 0 Å². The van der Waals surface area contributed by atoms with Gasteiger partial charge in [-0.15, -0.1) is 0 Å². The first kappa shape index (κ1) is 10.7. The molecule has 3 nitrogen and oxygen atoms in total. The van der Waals surface area contributed by atoms with Crippen molar-refractivity contribution in [3.63, 3.8) is 0 Å². The smallest absolute Gasteiger partial charge is 0.176 e. The highest BCUT2D eigenvalue weighted by atomic mass is 16.5. The predicted octanol–water partition coefficient (Wildman–Crippen LogP) is 3.21. The van der Waals surface area contributed by atoms with Crippen LogP contribution in [0.1, 0.15) is 29.8 Å². The Bertz CT molecular complexity index is 537. The molecule has 2 aromatic rings. The van der Waals surface area contributed by atoms with Crippen LogP contribution in [-0.4, -0.2) is 12.9 Å². The number of rotatable bonds is 3. The summed E-state index contributed by atoms with van der Waals surface area (Å²) in [5.41, 5.74) is 2.27. The number of carbonyl (C=O) groups excluding carboxylic acids is 1. The molecule has 0 amide bonds. The Kier molecular flexibility index (Phi) is 2.69. The standard InChI is InChI=1S/C13H14O3/c1-4-9-7-10-5-6-16-12(10)13(15-3)11(9)8(2)14/h5-7H,4H2,1-3H3. The van der Waals surface area contributed by atoms with Crippen molar-refractivity contribution in [1.29, 1.82) is 0 Å². The molecule has 84 valence electrons. The van der Waals surface area contributed by atoms with Gasteiger partial charge in [0.25, 0.3) is 0 Å². The number of carbonyl (C=O) groups is 1. The first-order valence-corrected chi connectivity index (χ1v) is 5.27. The Morgan fingerprint density at radius 3 is 2.81 bits per heavy atom. The van der Waals surface area contributed by atoms with E-state index in [-0.39, 0.29) is 5.78 Å². The van der Waals surface area contributed by atoms with E-state index in [0.29, 0.717) is 16.9 Å². The van der Waals surface area contributed by atoms with Crippen LogP contribution < -0.4 is 4.74 Å². The number of hydrogen-bond acceptors (Lipinski definition) is 3. The first-order valence-electron chi connectivity index (χ1n) is 5.27. The van der Waals surface area contributed by atoms with Gasteiger partial charge in [0.15, 0.2) is 17.1 Å². The van der Waals surface area contributed by atoms with Crippen molar-refractivity contribution in [2.75, 3.05) is 7.11 Å². The highest BCUT2D eigenvalue weighted by molar-refractivity contribution is 6.03. The van der Waals surface area contributed by atoms with Crippen molar-refractivity contribution in [3.05, 3.63) is 29.5 Å². The van der Waals surface area contributed by atoms with Crippen LogP contribution in [0, 0.1) is 0 Å². The summed E-state index contributed by atoms with van der Waals surface area (Å²) < 4.78 is 10.7. The molecule has 0 unspecified atom stereocenters. The SMILES string of the molecule is CCc1cc2ccoc2c(OC)c1C(C)=O. The van der Waals surface area contributed by atoms with Crippen LogP contribution in [-0.2, 0) is 6.42 Å². The van der Waals surface area contributed by atoms with E-state index in [4.69, 9.17) is 9.15 Å². The lowest BCUT2D eigenvalue weighted by molar-refractivity contribution is 0.101. The fraction of sp³-hybridized carbons (Fsp3) is 0.308. The fourth-order valence-corrected chi connectivity index (χ4v) is 2.00. The number of hydrogen-bond donors (Lipinski definition) is 0. The highest BCUT2D eigenvalue weighted by Gasteiger charge is 2.18. The number of fused-ring (bicyclic) bond motifs is 1. The van der Waals surface area contributed by atoms with E-state index in [9.17, 15) is 4.79 Å². The van der Waals surface area contributed by atoms with Crippen molar-refractivity contribution in [2.24, 2.45) is 0 Å². The van der Waals surface area contributed by atoms with Crippen LogP contribution >= 0.6 is 0 Å². The molecule has 1 aromatic carbocycles. The number of benzene rings is 1. The molecular formula is C13H14O3. The summed E-state index contributed by atoms with van der Waals surface area (Å²) in [5, 5.41) is 0.971. The molecule has 0 fully saturated rings. The highest BCUT2D eigenvalue weighted by Crippen LogP contribution is 2.34. The third-order valence-corrected chi connectivity index (χ3v) is 2.72. The van der Waals surface area contributed by atoms with Gasteiger partial charge >= 0.3 is 0 Å². The summed E-state index contributed by atoms with van der Waals surface area (Å²) in [5.74, 6) is 0.554. The topological polar surface area (TPSA) is 39.4 Å². The summed E-state index contributed by atoms with van der Waals surface area (Å²) in [7, 11) is 1.56. The number of methoxy groups -OCH3 is 1. The molecule has 0 saturated heterocycles. The third kappa shape index (κ3) is 1.48. The number of ketones is 1. The lowest BCUT2D eigenvalue weighted by Crippen LogP contribution is -2.03. The maximum absolute atomic E-state index is 11.6. The Labute approximate surface area is 94.0 Å². The lowest BCUT2D eigenvalue weighted by Gasteiger charge is -2.10. The van der Waals surface area contributed by atoms with Crippen LogP contribution in [0.2, 0.25) is 0 Å². The van der Waals surface area contributed by atoms with Gasteiger partial charge in [0.05, 0.1) is 18.9 Å². The quantitative estimate of drug-likeness (QED) is 0.742. The number of aryl methyl sites for hydroxylation is 1. The second-order valence-corrected chi connectivity index (χ2v) is 3.69. The molecule has 3 heteroatoms. The largest absolute Gasteiger partial charge is 0.492 e. The molecule has 2 rings (SSSR count). The molecule has 0 aliphatic rings. The van der Waals surface area contributed by atoms with Gasteiger partial charge in [0.1, 0.15) is 0 Å². The van der Waals surface area contributed by atoms with Gasteiger partial charge in [0.2, 0.25) is 0 Å². The van der Waals surface area contributed by atoms with Gasteiger partial charge in [-0.1, -0.05) is 6.92 Å². The molecule has 0 atom stereocenters. The summed E-state index contributed by atoms with van der Waals surface area (Å²) in [6.45, 7) is 3.57. The van der Waals surface area contributed by atoms with E-state index in [1.54, 1.807) is 20.3 Å². The molecule has 1 heterocycles. The van der Waals surface area contributed by atoms with Crippen molar-refractivity contribution in [1.82, 2.24) is 0 Å². The number of ether oxygens (including phenoxy) is 1. The van der Waals surface area contributed by atoms with Gasteiger partial charge in [-0.25, -0.2) is 0 Å². The van der Waals surface area contributed by atoms with E-state index in [1.807, 2.05) is 19.1 Å². The maximum atomic E-state index is 11.6. The van der Waals surface area contributed by atoms with E-state index >= 15 is 0 Å². The van der Waals surface area contributed by atoms with E-state index < -0.39 is 0 Å². The normalized spacial score (nSPS) is 10.7. The summed E-state index contributed by atoms with van der Waals surface area (Å²) >= 11 is 0. The van der Waals surface area contributed by atoms with Gasteiger partial charge in [0, 0.05) is 5.39 Å². The second kappa shape index (κ2) is 4.00. The molecule has 0 aliphatic heterocycles. The number of Topliss-reactive ketones (excluding diaryl/α,β-unsaturated/α-hetero) is 1. The molecule has 1 aromatic heterocycles. The van der Waals surface area contributed by atoms with Crippen LogP contribution in [0.25, 0.3) is 11.0 Å². The zero-order chi connectivity index (χ0) is 11.7. The van der Waals surface area contributed by atoms with Crippen LogP contribution in [0.15, 0.2) is 22.8 Å². The minimum absolute atomic E-state index is 0.00648. The zero-order valence-corrected chi connectivity index (χ0v) is 9.66. The van der Waals surface area contributed by atoms with Crippen LogP contribution in [0.4, 0.5) is 0 Å². The molecule has 16 heavy (non-hydrogen) atoms.